The van der Waals surface area contributed by atoms with Crippen LogP contribution in [0, 0.1) is 6.92 Å². The van der Waals surface area contributed by atoms with Crippen molar-refractivity contribution in [3.8, 4) is 0 Å². The van der Waals surface area contributed by atoms with Gasteiger partial charge in [0.05, 0.1) is 5.69 Å². The number of hydrogen-bond donors (Lipinski definition) is 3. The van der Waals surface area contributed by atoms with E-state index in [9.17, 15) is 0 Å². The number of nitrogens with zero attached hydrogens (tertiary/aromatic N) is 3. The molecule has 0 aliphatic rings. The van der Waals surface area contributed by atoms with E-state index in [2.05, 4.69) is 20.4 Å². The van der Waals surface area contributed by atoms with Gasteiger partial charge in [0.25, 0.3) is 0 Å². The van der Waals surface area contributed by atoms with Gasteiger partial charge in [-0.25, -0.2) is 9.97 Å². The lowest BCUT2D eigenvalue weighted by atomic mass is 10.1. The average molecular weight is 271 g/mol. The monoisotopic (exact) mass is 271 g/mol. The summed E-state index contributed by atoms with van der Waals surface area (Å²) >= 11 is 0. The van der Waals surface area contributed by atoms with Crippen molar-refractivity contribution in [1.82, 2.24) is 15.3 Å². The van der Waals surface area contributed by atoms with Gasteiger partial charge in [-0.1, -0.05) is 29.4 Å². The lowest BCUT2D eigenvalue weighted by molar-refractivity contribution is 0.318. The molecule has 20 heavy (non-hydrogen) atoms. The fraction of sp³-hybridized carbons (Fsp3) is 0.214. The van der Waals surface area contributed by atoms with Crippen LogP contribution in [0.3, 0.4) is 0 Å². The molecule has 0 bridgehead atoms. The highest BCUT2D eigenvalue weighted by Crippen LogP contribution is 2.08. The number of hydrogen-bond acceptors (Lipinski definition) is 5. The van der Waals surface area contributed by atoms with E-state index in [1.165, 1.54) is 0 Å². The van der Waals surface area contributed by atoms with Crippen molar-refractivity contribution in [3.63, 3.8) is 0 Å². The standard InChI is InChI=1S/C14H17N5O/c1-10-17-7-6-12(18-10)9-16-8-11-4-2-3-5-13(11)14(15)19-20/h2-7,16,20H,8-9H2,1H3,(H2,15,19). The van der Waals surface area contributed by atoms with E-state index in [1.54, 1.807) is 6.20 Å². The summed E-state index contributed by atoms with van der Waals surface area (Å²) in [5.41, 5.74) is 8.27. The molecule has 0 spiro atoms. The Morgan fingerprint density at radius 1 is 1.30 bits per heavy atom. The molecule has 1 aromatic carbocycles. The van der Waals surface area contributed by atoms with Crippen molar-refractivity contribution < 1.29 is 5.21 Å². The van der Waals surface area contributed by atoms with Crippen molar-refractivity contribution in [1.29, 1.82) is 0 Å². The minimum Gasteiger partial charge on any atom is -0.409 e. The molecule has 4 N–H and O–H groups in total. The first-order chi connectivity index (χ1) is 9.70. The van der Waals surface area contributed by atoms with E-state index >= 15 is 0 Å². The van der Waals surface area contributed by atoms with Crippen LogP contribution in [0.15, 0.2) is 41.7 Å². The highest BCUT2D eigenvalue weighted by Gasteiger charge is 2.05. The molecule has 0 aliphatic carbocycles. The van der Waals surface area contributed by atoms with Crippen molar-refractivity contribution in [2.75, 3.05) is 0 Å². The van der Waals surface area contributed by atoms with Crippen LogP contribution in [0.25, 0.3) is 0 Å². The number of benzene rings is 1. The summed E-state index contributed by atoms with van der Waals surface area (Å²) in [6, 6.07) is 9.40. The molecule has 1 heterocycles. The van der Waals surface area contributed by atoms with Crippen molar-refractivity contribution in [2.45, 2.75) is 20.0 Å². The van der Waals surface area contributed by atoms with Crippen LogP contribution >= 0.6 is 0 Å². The molecule has 0 aliphatic heterocycles. The van der Waals surface area contributed by atoms with Gasteiger partial charge in [-0.2, -0.15) is 0 Å². The van der Waals surface area contributed by atoms with Crippen molar-refractivity contribution in [3.05, 3.63) is 59.2 Å². The van der Waals surface area contributed by atoms with E-state index in [4.69, 9.17) is 10.9 Å². The summed E-state index contributed by atoms with van der Waals surface area (Å²) in [5.74, 6) is 0.863. The molecular weight excluding hydrogens is 254 g/mol. The summed E-state index contributed by atoms with van der Waals surface area (Å²) in [5, 5.41) is 15.1. The first kappa shape index (κ1) is 14.0. The minimum atomic E-state index is 0.111. The maximum atomic E-state index is 8.77. The largest absolute Gasteiger partial charge is 0.409 e. The molecule has 0 saturated carbocycles. The van der Waals surface area contributed by atoms with Gasteiger partial charge < -0.3 is 16.3 Å². The molecule has 0 amide bonds. The molecule has 0 unspecified atom stereocenters. The summed E-state index contributed by atoms with van der Waals surface area (Å²) in [4.78, 5) is 8.37. The Morgan fingerprint density at radius 2 is 2.10 bits per heavy atom. The molecule has 0 radical (unpaired) electrons. The Morgan fingerprint density at radius 3 is 2.85 bits per heavy atom. The molecule has 2 rings (SSSR count). The predicted octanol–water partition coefficient (Wildman–Crippen LogP) is 1.17. The Balaban J connectivity index is 2.01. The second kappa shape index (κ2) is 6.63. The number of rotatable bonds is 5. The fourth-order valence-electron chi connectivity index (χ4n) is 1.91. The SMILES string of the molecule is Cc1nccc(CNCc2ccccc2C(N)=NO)n1. The third-order valence-electron chi connectivity index (χ3n) is 2.86. The van der Waals surface area contributed by atoms with Gasteiger partial charge in [0.15, 0.2) is 5.84 Å². The third kappa shape index (κ3) is 3.52. The second-order valence-corrected chi connectivity index (χ2v) is 4.34. The highest BCUT2D eigenvalue weighted by atomic mass is 16.4. The quantitative estimate of drug-likeness (QED) is 0.328. The molecular formula is C14H17N5O. The van der Waals surface area contributed by atoms with Crippen LogP contribution in [-0.2, 0) is 13.1 Å². The van der Waals surface area contributed by atoms with Crippen molar-refractivity contribution in [2.24, 2.45) is 10.9 Å². The molecule has 6 nitrogen and oxygen atoms in total. The highest BCUT2D eigenvalue weighted by molar-refractivity contribution is 5.98. The number of nitrogens with two attached hydrogens (primary N) is 1. The first-order valence-electron chi connectivity index (χ1n) is 6.25. The van der Waals surface area contributed by atoms with Gasteiger partial charge in [0.1, 0.15) is 5.82 Å². The molecule has 1 aromatic heterocycles. The zero-order chi connectivity index (χ0) is 14.4. The summed E-state index contributed by atoms with van der Waals surface area (Å²) < 4.78 is 0. The zero-order valence-electron chi connectivity index (χ0n) is 11.2. The smallest absolute Gasteiger partial charge is 0.170 e. The first-order valence-corrected chi connectivity index (χ1v) is 6.25. The Hall–Kier alpha value is -2.47. The summed E-state index contributed by atoms with van der Waals surface area (Å²) in [6.07, 6.45) is 1.74. The Kier molecular flexibility index (Phi) is 4.62. The average Bonchev–Trinajstić information content (AvgIpc) is 2.47. The van der Waals surface area contributed by atoms with E-state index in [-0.39, 0.29) is 5.84 Å². The van der Waals surface area contributed by atoms with Crippen molar-refractivity contribution >= 4 is 5.84 Å². The molecule has 0 saturated heterocycles. The molecule has 6 heteroatoms. The molecule has 2 aromatic rings. The van der Waals surface area contributed by atoms with Gasteiger partial charge in [-0.05, 0) is 18.6 Å². The number of aromatic nitrogens is 2. The van der Waals surface area contributed by atoms with Crippen LogP contribution in [0.2, 0.25) is 0 Å². The van der Waals surface area contributed by atoms with E-state index in [0.29, 0.717) is 13.1 Å². The van der Waals surface area contributed by atoms with Gasteiger partial charge in [-0.15, -0.1) is 0 Å². The maximum Gasteiger partial charge on any atom is 0.170 e. The van der Waals surface area contributed by atoms with E-state index < -0.39 is 0 Å². The van der Waals surface area contributed by atoms with E-state index in [0.717, 1.165) is 22.6 Å². The van der Waals surface area contributed by atoms with E-state index in [1.807, 2.05) is 37.3 Å². The Labute approximate surface area is 117 Å². The molecule has 0 atom stereocenters. The normalized spacial score (nSPS) is 11.6. The topological polar surface area (TPSA) is 96.4 Å². The van der Waals surface area contributed by atoms with Crippen LogP contribution < -0.4 is 11.1 Å². The predicted molar refractivity (Wildman–Crippen MR) is 76.3 cm³/mol. The lowest BCUT2D eigenvalue weighted by Crippen LogP contribution is -2.20. The van der Waals surface area contributed by atoms with Gasteiger partial charge >= 0.3 is 0 Å². The van der Waals surface area contributed by atoms with Gasteiger partial charge in [0.2, 0.25) is 0 Å². The van der Waals surface area contributed by atoms with Gasteiger partial charge in [-0.3, -0.25) is 0 Å². The Bertz CT molecular complexity index is 612. The van der Waals surface area contributed by atoms with Crippen LogP contribution in [0.1, 0.15) is 22.6 Å². The summed E-state index contributed by atoms with van der Waals surface area (Å²) in [7, 11) is 0. The van der Waals surface area contributed by atoms with Crippen LogP contribution in [-0.4, -0.2) is 21.0 Å². The number of nitrogens with one attached hydrogen (secondary N) is 1. The number of aryl methyl sites for hydroxylation is 1. The summed E-state index contributed by atoms with van der Waals surface area (Å²) in [6.45, 7) is 3.10. The minimum absolute atomic E-state index is 0.111. The van der Waals surface area contributed by atoms with Gasteiger partial charge in [0, 0.05) is 24.8 Å². The maximum absolute atomic E-state index is 8.77. The molecule has 0 fully saturated rings. The third-order valence-corrected chi connectivity index (χ3v) is 2.86. The zero-order valence-corrected chi connectivity index (χ0v) is 11.2. The second-order valence-electron chi connectivity index (χ2n) is 4.34. The number of amidine groups is 1. The number of oxime groups is 1. The lowest BCUT2D eigenvalue weighted by Gasteiger charge is -2.09. The van der Waals surface area contributed by atoms with Crippen LogP contribution in [0.4, 0.5) is 0 Å². The van der Waals surface area contributed by atoms with Crippen LogP contribution in [0.5, 0.6) is 0 Å². The fourth-order valence-corrected chi connectivity index (χ4v) is 1.91. The molecule has 104 valence electrons.